The summed E-state index contributed by atoms with van der Waals surface area (Å²) >= 11 is 0. The standard InChI is InChI=1S/C26H41N3O6/c1-15-9-8-10-26(6)20(35-26)12-18(16(2)11-21-27-14-28-29(21)7)34-22(31)13-19(30)25(4,5)24(33)17(3)23(15)32/h11,14-15,17-20,23,30,32H,8-10,12-13H2,1-7H3/t15-,17+,18-,19-,20-,23-,26+/m0/s1. The number of aliphatic hydroxyl groups excluding tert-OH is 2. The second-order valence-electron chi connectivity index (χ2n) is 11.2. The molecule has 0 aliphatic carbocycles. The van der Waals surface area contributed by atoms with Gasteiger partial charge in [0.15, 0.2) is 5.82 Å². The third-order valence-electron chi connectivity index (χ3n) is 8.02. The second kappa shape index (κ2) is 10.5. The van der Waals surface area contributed by atoms with E-state index in [0.29, 0.717) is 12.2 Å². The molecule has 2 aliphatic rings. The molecule has 0 unspecified atom stereocenters. The highest BCUT2D eigenvalue weighted by atomic mass is 16.6. The van der Waals surface area contributed by atoms with E-state index in [1.165, 1.54) is 6.33 Å². The molecule has 0 saturated carbocycles. The van der Waals surface area contributed by atoms with E-state index in [0.717, 1.165) is 24.8 Å². The zero-order chi connectivity index (χ0) is 26.1. The topological polar surface area (TPSA) is 127 Å². The van der Waals surface area contributed by atoms with Gasteiger partial charge in [0.25, 0.3) is 0 Å². The summed E-state index contributed by atoms with van der Waals surface area (Å²) in [5, 5.41) is 25.8. The van der Waals surface area contributed by atoms with Gasteiger partial charge in [-0.25, -0.2) is 9.67 Å². The lowest BCUT2D eigenvalue weighted by molar-refractivity contribution is -0.154. The number of aromatic nitrogens is 3. The molecule has 196 valence electrons. The van der Waals surface area contributed by atoms with Crippen LogP contribution in [0.5, 0.6) is 0 Å². The van der Waals surface area contributed by atoms with E-state index in [1.54, 1.807) is 32.5 Å². The highest BCUT2D eigenvalue weighted by Crippen LogP contribution is 2.45. The number of carbonyl (C=O) groups excluding carboxylic acids is 2. The Kier molecular flexibility index (Phi) is 8.23. The Hall–Kier alpha value is -2.10. The van der Waals surface area contributed by atoms with Crippen molar-refractivity contribution < 1.29 is 29.3 Å². The Bertz CT molecular complexity index is 957. The van der Waals surface area contributed by atoms with E-state index in [1.807, 2.05) is 19.9 Å². The number of esters is 1. The number of hydrogen-bond donors (Lipinski definition) is 2. The summed E-state index contributed by atoms with van der Waals surface area (Å²) in [5.74, 6) is -0.964. The normalized spacial score (nSPS) is 37.5. The van der Waals surface area contributed by atoms with Crippen molar-refractivity contribution >= 4 is 17.8 Å². The number of fused-ring (bicyclic) bond motifs is 1. The van der Waals surface area contributed by atoms with Crippen LogP contribution >= 0.6 is 0 Å². The van der Waals surface area contributed by atoms with E-state index in [9.17, 15) is 19.8 Å². The van der Waals surface area contributed by atoms with Gasteiger partial charge in [0.05, 0.1) is 35.7 Å². The number of rotatable bonds is 2. The lowest BCUT2D eigenvalue weighted by atomic mass is 9.73. The minimum Gasteiger partial charge on any atom is -0.458 e. The fraction of sp³-hybridized carbons (Fsp3) is 0.769. The van der Waals surface area contributed by atoms with Gasteiger partial charge in [0.2, 0.25) is 0 Å². The summed E-state index contributed by atoms with van der Waals surface area (Å²) in [4.78, 5) is 30.4. The van der Waals surface area contributed by atoms with Crippen molar-refractivity contribution in [3.8, 4) is 0 Å². The van der Waals surface area contributed by atoms with E-state index < -0.39 is 35.6 Å². The summed E-state index contributed by atoms with van der Waals surface area (Å²) in [6, 6.07) is 0. The maximum absolute atomic E-state index is 13.2. The molecule has 9 heteroatoms. The van der Waals surface area contributed by atoms with Crippen LogP contribution in [0.1, 0.15) is 79.5 Å². The van der Waals surface area contributed by atoms with Crippen molar-refractivity contribution in [3.05, 3.63) is 17.7 Å². The van der Waals surface area contributed by atoms with Crippen LogP contribution in [0.4, 0.5) is 0 Å². The van der Waals surface area contributed by atoms with Crippen LogP contribution in [0.15, 0.2) is 11.9 Å². The zero-order valence-electron chi connectivity index (χ0n) is 22.0. The molecular formula is C26H41N3O6. The van der Waals surface area contributed by atoms with Crippen LogP contribution in [-0.4, -0.2) is 66.7 Å². The summed E-state index contributed by atoms with van der Waals surface area (Å²) in [5.41, 5.74) is -0.739. The number of aryl methyl sites for hydroxylation is 1. The summed E-state index contributed by atoms with van der Waals surface area (Å²) in [7, 11) is 1.78. The van der Waals surface area contributed by atoms with Gasteiger partial charge in [-0.2, -0.15) is 5.10 Å². The summed E-state index contributed by atoms with van der Waals surface area (Å²) in [6.45, 7) is 10.8. The predicted molar refractivity (Wildman–Crippen MR) is 130 cm³/mol. The van der Waals surface area contributed by atoms with Gasteiger partial charge in [0, 0.05) is 19.4 Å². The average Bonchev–Trinajstić information content (AvgIpc) is 3.24. The quantitative estimate of drug-likeness (QED) is 0.478. The molecule has 1 aromatic rings. The van der Waals surface area contributed by atoms with Gasteiger partial charge < -0.3 is 19.7 Å². The van der Waals surface area contributed by atoms with Crippen molar-refractivity contribution in [3.63, 3.8) is 0 Å². The molecule has 0 radical (unpaired) electrons. The number of nitrogens with zero attached hydrogens (tertiary/aromatic N) is 3. The lowest BCUT2D eigenvalue weighted by Gasteiger charge is -2.34. The maximum atomic E-state index is 13.2. The molecule has 7 atom stereocenters. The number of cyclic esters (lactones) is 1. The average molecular weight is 492 g/mol. The van der Waals surface area contributed by atoms with Gasteiger partial charge >= 0.3 is 5.97 Å². The first-order valence-corrected chi connectivity index (χ1v) is 12.6. The monoisotopic (exact) mass is 491 g/mol. The molecule has 2 N–H and O–H groups in total. The molecule has 3 heterocycles. The molecule has 2 aliphatic heterocycles. The Balaban J connectivity index is 1.86. The molecule has 0 spiro atoms. The third-order valence-corrected chi connectivity index (χ3v) is 8.02. The van der Waals surface area contributed by atoms with Crippen LogP contribution in [0, 0.1) is 17.3 Å². The van der Waals surface area contributed by atoms with Crippen LogP contribution in [0.2, 0.25) is 0 Å². The minimum absolute atomic E-state index is 0.0712. The zero-order valence-corrected chi connectivity index (χ0v) is 22.0. The summed E-state index contributed by atoms with van der Waals surface area (Å²) < 4.78 is 13.5. The van der Waals surface area contributed by atoms with Crippen LogP contribution in [0.25, 0.3) is 6.08 Å². The minimum atomic E-state index is -1.24. The van der Waals surface area contributed by atoms with E-state index in [2.05, 4.69) is 17.0 Å². The molecule has 35 heavy (non-hydrogen) atoms. The molecule has 3 rings (SSSR count). The fourth-order valence-corrected chi connectivity index (χ4v) is 5.03. The van der Waals surface area contributed by atoms with Gasteiger partial charge in [-0.05, 0) is 44.3 Å². The first-order chi connectivity index (χ1) is 16.3. The summed E-state index contributed by atoms with van der Waals surface area (Å²) in [6.07, 6.45) is 3.16. The molecule has 2 saturated heterocycles. The third kappa shape index (κ3) is 6.19. The SMILES string of the molecule is CC(=Cc1ncnn1C)[C@@H]1C[C@@H]2O[C@]2(C)CCC[C@H](C)[C@H](O)[C@@H](C)C(=O)C(C)(C)[C@@H](O)CC(=O)O1. The molecule has 0 bridgehead atoms. The highest BCUT2D eigenvalue weighted by Gasteiger charge is 2.53. The number of aliphatic hydroxyl groups is 2. The molecule has 9 nitrogen and oxygen atoms in total. The smallest absolute Gasteiger partial charge is 0.309 e. The van der Waals surface area contributed by atoms with Crippen molar-refractivity contribution in [1.29, 1.82) is 0 Å². The first-order valence-electron chi connectivity index (χ1n) is 12.6. The van der Waals surface area contributed by atoms with Crippen molar-refractivity contribution in [2.75, 3.05) is 0 Å². The largest absolute Gasteiger partial charge is 0.458 e. The van der Waals surface area contributed by atoms with Gasteiger partial charge in [0.1, 0.15) is 18.2 Å². The van der Waals surface area contributed by atoms with Gasteiger partial charge in [-0.3, -0.25) is 9.59 Å². The number of carbonyl (C=O) groups is 2. The molecule has 0 aromatic carbocycles. The maximum Gasteiger partial charge on any atom is 0.309 e. The number of ether oxygens (including phenoxy) is 2. The van der Waals surface area contributed by atoms with Crippen LogP contribution in [0.3, 0.4) is 0 Å². The molecule has 1 aromatic heterocycles. The van der Waals surface area contributed by atoms with Gasteiger partial charge in [-0.1, -0.05) is 34.1 Å². The number of hydrogen-bond acceptors (Lipinski definition) is 8. The van der Waals surface area contributed by atoms with E-state index in [-0.39, 0.29) is 29.8 Å². The van der Waals surface area contributed by atoms with Crippen molar-refractivity contribution in [1.82, 2.24) is 14.8 Å². The van der Waals surface area contributed by atoms with Crippen LogP contribution in [-0.2, 0) is 26.1 Å². The molecule has 2 fully saturated rings. The molecular weight excluding hydrogens is 450 g/mol. The Morgan fingerprint density at radius 1 is 1.23 bits per heavy atom. The van der Waals surface area contributed by atoms with Crippen LogP contribution < -0.4 is 0 Å². The predicted octanol–water partition coefficient (Wildman–Crippen LogP) is 2.84. The Morgan fingerprint density at radius 2 is 1.91 bits per heavy atom. The Morgan fingerprint density at radius 3 is 2.54 bits per heavy atom. The second-order valence-corrected chi connectivity index (χ2v) is 11.2. The highest BCUT2D eigenvalue weighted by molar-refractivity contribution is 5.88. The van der Waals surface area contributed by atoms with E-state index in [4.69, 9.17) is 9.47 Å². The fourth-order valence-electron chi connectivity index (χ4n) is 5.03. The van der Waals surface area contributed by atoms with Crippen molar-refractivity contribution in [2.24, 2.45) is 24.3 Å². The number of Topliss-reactive ketones (excluding diaryl/α,β-unsaturated/α-hetero) is 1. The number of ketones is 1. The lowest BCUT2D eigenvalue weighted by Crippen LogP contribution is -2.45. The van der Waals surface area contributed by atoms with E-state index >= 15 is 0 Å². The number of epoxide rings is 1. The van der Waals surface area contributed by atoms with Crippen molar-refractivity contribution in [2.45, 2.75) is 104 Å². The molecule has 0 amide bonds. The van der Waals surface area contributed by atoms with Gasteiger partial charge in [-0.15, -0.1) is 0 Å². The Labute approximate surface area is 207 Å². The first kappa shape index (κ1) is 27.5.